The Morgan fingerprint density at radius 1 is 1.29 bits per heavy atom. The summed E-state index contributed by atoms with van der Waals surface area (Å²) in [5.74, 6) is 0.0461. The Hall–Kier alpha value is -2.21. The summed E-state index contributed by atoms with van der Waals surface area (Å²) in [5.41, 5.74) is 2.02. The van der Waals surface area contributed by atoms with Crippen molar-refractivity contribution in [1.29, 1.82) is 0 Å². The van der Waals surface area contributed by atoms with E-state index in [0.29, 0.717) is 6.42 Å². The number of aromatic nitrogens is 1. The first kappa shape index (κ1) is 15.3. The highest BCUT2D eigenvalue weighted by Gasteiger charge is 2.34. The van der Waals surface area contributed by atoms with Gasteiger partial charge in [-0.15, -0.1) is 11.3 Å². The van der Waals surface area contributed by atoms with E-state index in [4.69, 9.17) is 0 Å². The second-order valence-electron chi connectivity index (χ2n) is 6.22. The molecule has 0 aliphatic carbocycles. The van der Waals surface area contributed by atoms with Gasteiger partial charge >= 0.3 is 0 Å². The number of aryl methyl sites for hydroxylation is 1. The first-order valence-corrected chi connectivity index (χ1v) is 9.19. The number of likely N-dealkylation sites (tertiary alicyclic amines) is 1. The predicted octanol–water partition coefficient (Wildman–Crippen LogP) is 2.79. The molecule has 2 aromatic rings. The number of nitrogens with zero attached hydrogens (tertiary/aromatic N) is 3. The minimum Gasteiger partial charge on any atom is -0.332 e. The molecule has 24 heavy (non-hydrogen) atoms. The minimum atomic E-state index is 0.0118. The number of carbonyl (C=O) groups is 2. The summed E-state index contributed by atoms with van der Waals surface area (Å²) in [6.45, 7) is 0.866. The van der Waals surface area contributed by atoms with Crippen molar-refractivity contribution in [2.24, 2.45) is 0 Å². The van der Waals surface area contributed by atoms with Gasteiger partial charge in [0.25, 0.3) is 0 Å². The second kappa shape index (κ2) is 6.36. The summed E-state index contributed by atoms with van der Waals surface area (Å²) in [6.07, 6.45) is 4.95. The van der Waals surface area contributed by atoms with Crippen LogP contribution in [0.25, 0.3) is 0 Å². The minimum absolute atomic E-state index is 0.0118. The van der Waals surface area contributed by atoms with Crippen molar-refractivity contribution < 1.29 is 9.59 Å². The monoisotopic (exact) mass is 341 g/mol. The molecule has 0 spiro atoms. The fourth-order valence-electron chi connectivity index (χ4n) is 3.62. The molecule has 3 heterocycles. The van der Waals surface area contributed by atoms with Crippen molar-refractivity contribution in [2.75, 3.05) is 18.0 Å². The molecule has 1 atom stereocenters. The number of benzene rings is 1. The molecule has 124 valence electrons. The molecule has 2 amide bonds. The number of anilines is 1. The van der Waals surface area contributed by atoms with E-state index in [2.05, 4.69) is 4.98 Å². The molecular formula is C18H19N3O2S. The summed E-state index contributed by atoms with van der Waals surface area (Å²) in [6, 6.07) is 7.93. The van der Waals surface area contributed by atoms with Crippen molar-refractivity contribution in [1.82, 2.24) is 9.88 Å². The van der Waals surface area contributed by atoms with Crippen LogP contribution in [0.15, 0.2) is 35.8 Å². The Bertz CT molecular complexity index is 759. The van der Waals surface area contributed by atoms with Crippen molar-refractivity contribution in [3.05, 3.63) is 46.4 Å². The standard InChI is InChI=1S/C18H19N3O2S/c22-16-8-7-13-4-1-2-5-14(13)21(16)12-17(23)20-10-3-6-15(20)18-19-9-11-24-18/h1-2,4-5,9,11,15H,3,6-8,10,12H2/t15-/m1/s1. The second-order valence-corrected chi connectivity index (χ2v) is 7.15. The lowest BCUT2D eigenvalue weighted by molar-refractivity contribution is -0.132. The van der Waals surface area contributed by atoms with Gasteiger partial charge in [-0.25, -0.2) is 4.98 Å². The van der Waals surface area contributed by atoms with E-state index < -0.39 is 0 Å². The van der Waals surface area contributed by atoms with Gasteiger partial charge in [0.2, 0.25) is 11.8 Å². The summed E-state index contributed by atoms with van der Waals surface area (Å²) < 4.78 is 0. The third kappa shape index (κ3) is 2.71. The van der Waals surface area contributed by atoms with Crippen LogP contribution in [0.5, 0.6) is 0 Å². The maximum absolute atomic E-state index is 12.9. The van der Waals surface area contributed by atoms with Crippen molar-refractivity contribution in [3.63, 3.8) is 0 Å². The molecule has 1 saturated heterocycles. The Morgan fingerprint density at radius 3 is 3.00 bits per heavy atom. The highest BCUT2D eigenvalue weighted by Crippen LogP contribution is 2.34. The van der Waals surface area contributed by atoms with Crippen LogP contribution in [-0.2, 0) is 16.0 Å². The molecule has 1 fully saturated rings. The number of thiazole rings is 1. The van der Waals surface area contributed by atoms with Gasteiger partial charge < -0.3 is 9.80 Å². The molecule has 0 N–H and O–H groups in total. The van der Waals surface area contributed by atoms with Gasteiger partial charge in [0, 0.05) is 30.2 Å². The molecular weight excluding hydrogens is 322 g/mol. The van der Waals surface area contributed by atoms with Crippen molar-refractivity contribution >= 4 is 28.8 Å². The molecule has 0 bridgehead atoms. The fraction of sp³-hybridized carbons (Fsp3) is 0.389. The third-order valence-electron chi connectivity index (χ3n) is 4.79. The zero-order valence-corrected chi connectivity index (χ0v) is 14.2. The maximum atomic E-state index is 12.9. The highest BCUT2D eigenvalue weighted by atomic mass is 32.1. The quantitative estimate of drug-likeness (QED) is 0.863. The van der Waals surface area contributed by atoms with Gasteiger partial charge in [0.1, 0.15) is 11.6 Å². The van der Waals surface area contributed by atoms with Gasteiger partial charge in [-0.2, -0.15) is 0 Å². The molecule has 4 rings (SSSR count). The van der Waals surface area contributed by atoms with E-state index in [1.165, 1.54) is 0 Å². The summed E-state index contributed by atoms with van der Waals surface area (Å²) in [4.78, 5) is 33.2. The zero-order chi connectivity index (χ0) is 16.5. The van der Waals surface area contributed by atoms with Crippen LogP contribution in [-0.4, -0.2) is 34.8 Å². The average molecular weight is 341 g/mol. The van der Waals surface area contributed by atoms with E-state index in [9.17, 15) is 9.59 Å². The summed E-state index contributed by atoms with van der Waals surface area (Å²) in [5, 5.41) is 2.94. The van der Waals surface area contributed by atoms with Crippen molar-refractivity contribution in [2.45, 2.75) is 31.7 Å². The Morgan fingerprint density at radius 2 is 2.17 bits per heavy atom. The maximum Gasteiger partial charge on any atom is 0.243 e. The van der Waals surface area contributed by atoms with Crippen LogP contribution in [0.1, 0.15) is 35.9 Å². The van der Waals surface area contributed by atoms with E-state index >= 15 is 0 Å². The molecule has 1 aromatic heterocycles. The van der Waals surface area contributed by atoms with E-state index in [1.807, 2.05) is 34.5 Å². The van der Waals surface area contributed by atoms with Gasteiger partial charge in [-0.1, -0.05) is 18.2 Å². The number of para-hydroxylation sites is 1. The summed E-state index contributed by atoms with van der Waals surface area (Å²) >= 11 is 1.59. The Labute approximate surface area is 144 Å². The van der Waals surface area contributed by atoms with Crippen LogP contribution in [0.2, 0.25) is 0 Å². The molecule has 0 unspecified atom stereocenters. The molecule has 2 aliphatic rings. The van der Waals surface area contributed by atoms with Crippen LogP contribution >= 0.6 is 11.3 Å². The topological polar surface area (TPSA) is 53.5 Å². The average Bonchev–Trinajstić information content (AvgIpc) is 3.28. The SMILES string of the molecule is O=C1CCc2ccccc2N1CC(=O)N1CCC[C@@H]1c1nccs1. The predicted molar refractivity (Wildman–Crippen MR) is 92.9 cm³/mol. The molecule has 5 nitrogen and oxygen atoms in total. The van der Waals surface area contributed by atoms with Crippen LogP contribution in [0, 0.1) is 0 Å². The van der Waals surface area contributed by atoms with Crippen LogP contribution < -0.4 is 4.90 Å². The molecule has 1 aromatic carbocycles. The highest BCUT2D eigenvalue weighted by molar-refractivity contribution is 7.09. The number of amides is 2. The lowest BCUT2D eigenvalue weighted by Gasteiger charge is -2.31. The Balaban J connectivity index is 1.55. The van der Waals surface area contributed by atoms with E-state index in [1.54, 1.807) is 22.4 Å². The smallest absolute Gasteiger partial charge is 0.243 e. The number of rotatable bonds is 3. The van der Waals surface area contributed by atoms with Crippen LogP contribution in [0.4, 0.5) is 5.69 Å². The molecule has 6 heteroatoms. The Kier molecular flexibility index (Phi) is 4.06. The van der Waals surface area contributed by atoms with Gasteiger partial charge in [0.15, 0.2) is 0 Å². The lowest BCUT2D eigenvalue weighted by Crippen LogP contribution is -2.44. The number of hydrogen-bond donors (Lipinski definition) is 0. The molecule has 0 radical (unpaired) electrons. The lowest BCUT2D eigenvalue weighted by atomic mass is 10.0. The van der Waals surface area contributed by atoms with Crippen LogP contribution in [0.3, 0.4) is 0 Å². The van der Waals surface area contributed by atoms with Gasteiger partial charge in [0.05, 0.1) is 6.04 Å². The van der Waals surface area contributed by atoms with E-state index in [-0.39, 0.29) is 24.4 Å². The first-order valence-electron chi connectivity index (χ1n) is 8.31. The van der Waals surface area contributed by atoms with Crippen molar-refractivity contribution in [3.8, 4) is 0 Å². The molecule has 0 saturated carbocycles. The first-order chi connectivity index (χ1) is 11.7. The number of hydrogen-bond acceptors (Lipinski definition) is 4. The summed E-state index contributed by atoms with van der Waals surface area (Å²) in [7, 11) is 0. The zero-order valence-electron chi connectivity index (χ0n) is 13.4. The largest absolute Gasteiger partial charge is 0.332 e. The van der Waals surface area contributed by atoms with E-state index in [0.717, 1.165) is 42.1 Å². The van der Waals surface area contributed by atoms with Gasteiger partial charge in [-0.3, -0.25) is 9.59 Å². The van der Waals surface area contributed by atoms with Gasteiger partial charge in [-0.05, 0) is 30.9 Å². The normalized spacial score (nSPS) is 20.3. The number of fused-ring (bicyclic) bond motifs is 1. The fourth-order valence-corrected chi connectivity index (χ4v) is 4.40. The molecule has 2 aliphatic heterocycles. The third-order valence-corrected chi connectivity index (χ3v) is 5.67. The number of carbonyl (C=O) groups excluding carboxylic acids is 2.